The highest BCUT2D eigenvalue weighted by atomic mass is 16.1. The maximum absolute atomic E-state index is 11.5. The number of rotatable bonds is 5. The van der Waals surface area contributed by atoms with Gasteiger partial charge in [-0.15, -0.1) is 0 Å². The third kappa shape index (κ3) is 3.43. The zero-order valence-electron chi connectivity index (χ0n) is 13.1. The number of benzene rings is 2. The fraction of sp³-hybridized carbons (Fsp3) is 0.278. The van der Waals surface area contributed by atoms with E-state index in [1.54, 1.807) is 0 Å². The van der Waals surface area contributed by atoms with Gasteiger partial charge in [-0.1, -0.05) is 24.3 Å². The Morgan fingerprint density at radius 1 is 0.714 bits per heavy atom. The Balaban J connectivity index is 2.28. The number of hydrogen-bond acceptors (Lipinski definition) is 3. The molecule has 2 aromatic rings. The minimum Gasteiger partial charge on any atom is -0.378 e. The number of aldehydes is 1. The first kappa shape index (κ1) is 15.1. The molecule has 0 aromatic heterocycles. The summed E-state index contributed by atoms with van der Waals surface area (Å²) in [6.07, 6.45) is 1.01. The molecule has 0 unspecified atom stereocenters. The molecule has 0 aliphatic heterocycles. The maximum Gasteiger partial charge on any atom is 0.131 e. The lowest BCUT2D eigenvalue weighted by Gasteiger charge is -2.17. The van der Waals surface area contributed by atoms with Crippen LogP contribution in [0.3, 0.4) is 0 Å². The average molecular weight is 282 g/mol. The highest BCUT2D eigenvalue weighted by Gasteiger charge is 2.13. The summed E-state index contributed by atoms with van der Waals surface area (Å²) in [5.74, 6) is -0.211. The van der Waals surface area contributed by atoms with Crippen LogP contribution < -0.4 is 9.80 Å². The smallest absolute Gasteiger partial charge is 0.131 e. The van der Waals surface area contributed by atoms with Gasteiger partial charge in [0, 0.05) is 39.6 Å². The van der Waals surface area contributed by atoms with E-state index in [0.717, 1.165) is 28.8 Å². The van der Waals surface area contributed by atoms with Crippen LogP contribution in [0, 0.1) is 0 Å². The van der Waals surface area contributed by atoms with Crippen LogP contribution in [0.2, 0.25) is 0 Å². The van der Waals surface area contributed by atoms with E-state index in [9.17, 15) is 4.79 Å². The predicted octanol–water partition coefficient (Wildman–Crippen LogP) is 3.15. The largest absolute Gasteiger partial charge is 0.378 e. The normalized spacial score (nSPS) is 10.5. The molecule has 0 aliphatic rings. The average Bonchev–Trinajstić information content (AvgIpc) is 2.49. The Morgan fingerprint density at radius 3 is 1.29 bits per heavy atom. The molecule has 0 saturated carbocycles. The number of carbonyl (C=O) groups is 1. The van der Waals surface area contributed by atoms with Gasteiger partial charge in [-0.25, -0.2) is 0 Å². The van der Waals surface area contributed by atoms with Crippen LogP contribution in [0.4, 0.5) is 11.4 Å². The fourth-order valence-electron chi connectivity index (χ4n) is 2.31. The van der Waals surface area contributed by atoms with E-state index in [0.29, 0.717) is 0 Å². The van der Waals surface area contributed by atoms with Gasteiger partial charge in [-0.2, -0.15) is 0 Å². The molecule has 0 bridgehead atoms. The van der Waals surface area contributed by atoms with E-state index in [2.05, 4.69) is 0 Å². The third-order valence-corrected chi connectivity index (χ3v) is 3.67. The summed E-state index contributed by atoms with van der Waals surface area (Å²) in [4.78, 5) is 15.6. The molecule has 0 amide bonds. The molecule has 0 heterocycles. The summed E-state index contributed by atoms with van der Waals surface area (Å²) in [5, 5.41) is 0. The Labute approximate surface area is 126 Å². The maximum atomic E-state index is 11.5. The first-order valence-corrected chi connectivity index (χ1v) is 7.03. The molecule has 2 aromatic carbocycles. The summed E-state index contributed by atoms with van der Waals surface area (Å²) in [6, 6.07) is 16.3. The van der Waals surface area contributed by atoms with Crippen molar-refractivity contribution in [2.75, 3.05) is 38.0 Å². The van der Waals surface area contributed by atoms with Crippen LogP contribution in [-0.4, -0.2) is 34.5 Å². The van der Waals surface area contributed by atoms with Gasteiger partial charge in [0.05, 0.1) is 5.92 Å². The molecule has 110 valence electrons. The van der Waals surface area contributed by atoms with Crippen molar-refractivity contribution in [1.82, 2.24) is 0 Å². The van der Waals surface area contributed by atoms with Crippen molar-refractivity contribution in [3.63, 3.8) is 0 Å². The summed E-state index contributed by atoms with van der Waals surface area (Å²) in [5.41, 5.74) is 4.30. The second kappa shape index (κ2) is 6.44. The van der Waals surface area contributed by atoms with E-state index in [1.165, 1.54) is 0 Å². The molecule has 0 saturated heterocycles. The molecule has 0 atom stereocenters. The fourth-order valence-corrected chi connectivity index (χ4v) is 2.31. The van der Waals surface area contributed by atoms with Gasteiger partial charge >= 0.3 is 0 Å². The van der Waals surface area contributed by atoms with Crippen LogP contribution in [0.25, 0.3) is 0 Å². The van der Waals surface area contributed by atoms with Crippen molar-refractivity contribution in [2.45, 2.75) is 5.92 Å². The first-order chi connectivity index (χ1) is 10.0. The lowest BCUT2D eigenvalue weighted by molar-refractivity contribution is -0.108. The van der Waals surface area contributed by atoms with Gasteiger partial charge in [0.1, 0.15) is 6.29 Å². The lowest BCUT2D eigenvalue weighted by Crippen LogP contribution is -2.10. The highest BCUT2D eigenvalue weighted by Crippen LogP contribution is 2.26. The van der Waals surface area contributed by atoms with E-state index in [1.807, 2.05) is 86.5 Å². The van der Waals surface area contributed by atoms with Gasteiger partial charge in [-0.05, 0) is 35.4 Å². The van der Waals surface area contributed by atoms with Crippen LogP contribution >= 0.6 is 0 Å². The zero-order valence-corrected chi connectivity index (χ0v) is 13.1. The van der Waals surface area contributed by atoms with Gasteiger partial charge in [0.25, 0.3) is 0 Å². The standard InChI is InChI=1S/C18H22N2O/c1-19(2)16-9-5-14(6-10-16)18(13-21)15-7-11-17(12-8-15)20(3)4/h5-13,18H,1-4H3. The van der Waals surface area contributed by atoms with Crippen LogP contribution in [0.1, 0.15) is 17.0 Å². The van der Waals surface area contributed by atoms with E-state index in [-0.39, 0.29) is 5.92 Å². The van der Waals surface area contributed by atoms with Crippen LogP contribution in [-0.2, 0) is 4.79 Å². The van der Waals surface area contributed by atoms with Crippen molar-refractivity contribution in [2.24, 2.45) is 0 Å². The van der Waals surface area contributed by atoms with Gasteiger partial charge in [-0.3, -0.25) is 0 Å². The number of nitrogens with zero attached hydrogens (tertiary/aromatic N) is 2. The molecule has 0 aliphatic carbocycles. The Bertz CT molecular complexity index is 534. The SMILES string of the molecule is CN(C)c1ccc(C(C=O)c2ccc(N(C)C)cc2)cc1. The quantitative estimate of drug-likeness (QED) is 0.787. The molecule has 3 heteroatoms. The molecule has 0 fully saturated rings. The van der Waals surface area contributed by atoms with E-state index >= 15 is 0 Å². The van der Waals surface area contributed by atoms with Gasteiger partial charge in [0.15, 0.2) is 0 Å². The minimum atomic E-state index is -0.211. The molecule has 0 N–H and O–H groups in total. The van der Waals surface area contributed by atoms with Crippen molar-refractivity contribution >= 4 is 17.7 Å². The van der Waals surface area contributed by atoms with Gasteiger partial charge in [0.2, 0.25) is 0 Å². The molecule has 0 radical (unpaired) electrons. The van der Waals surface area contributed by atoms with E-state index < -0.39 is 0 Å². The molecule has 3 nitrogen and oxygen atoms in total. The van der Waals surface area contributed by atoms with Crippen molar-refractivity contribution in [3.05, 3.63) is 59.7 Å². The Kier molecular flexibility index (Phi) is 4.63. The van der Waals surface area contributed by atoms with Crippen LogP contribution in [0.15, 0.2) is 48.5 Å². The second-order valence-electron chi connectivity index (χ2n) is 5.59. The minimum absolute atomic E-state index is 0.211. The van der Waals surface area contributed by atoms with Gasteiger partial charge < -0.3 is 14.6 Å². The zero-order chi connectivity index (χ0) is 15.4. The summed E-state index contributed by atoms with van der Waals surface area (Å²) in [7, 11) is 8.02. The topological polar surface area (TPSA) is 23.6 Å². The van der Waals surface area contributed by atoms with Crippen molar-refractivity contribution in [1.29, 1.82) is 0 Å². The molecule has 0 spiro atoms. The number of carbonyl (C=O) groups excluding carboxylic acids is 1. The lowest BCUT2D eigenvalue weighted by atomic mass is 9.92. The summed E-state index contributed by atoms with van der Waals surface area (Å²) >= 11 is 0. The molecular formula is C18H22N2O. The number of hydrogen-bond donors (Lipinski definition) is 0. The predicted molar refractivity (Wildman–Crippen MR) is 89.4 cm³/mol. The molecular weight excluding hydrogens is 260 g/mol. The van der Waals surface area contributed by atoms with E-state index in [4.69, 9.17) is 0 Å². The highest BCUT2D eigenvalue weighted by molar-refractivity contribution is 5.69. The third-order valence-electron chi connectivity index (χ3n) is 3.67. The monoisotopic (exact) mass is 282 g/mol. The summed E-state index contributed by atoms with van der Waals surface area (Å²) in [6.45, 7) is 0. The second-order valence-corrected chi connectivity index (χ2v) is 5.59. The first-order valence-electron chi connectivity index (χ1n) is 7.03. The Morgan fingerprint density at radius 2 is 1.05 bits per heavy atom. The molecule has 21 heavy (non-hydrogen) atoms. The van der Waals surface area contributed by atoms with Crippen molar-refractivity contribution < 1.29 is 4.79 Å². The summed E-state index contributed by atoms with van der Waals surface area (Å²) < 4.78 is 0. The number of anilines is 2. The Hall–Kier alpha value is -2.29. The molecule has 2 rings (SSSR count). The van der Waals surface area contributed by atoms with Crippen molar-refractivity contribution in [3.8, 4) is 0 Å². The van der Waals surface area contributed by atoms with Crippen LogP contribution in [0.5, 0.6) is 0 Å².